The Morgan fingerprint density at radius 3 is 2.35 bits per heavy atom. The number of benzene rings is 1. The Morgan fingerprint density at radius 2 is 1.85 bits per heavy atom. The molecule has 5 heteroatoms. The van der Waals surface area contributed by atoms with E-state index in [1.54, 1.807) is 0 Å². The van der Waals surface area contributed by atoms with Gasteiger partial charge in [-0.25, -0.2) is 8.42 Å². The molecule has 1 atom stereocenters. The number of rotatable bonds is 5. The Kier molecular flexibility index (Phi) is 4.48. The highest BCUT2D eigenvalue weighted by Crippen LogP contribution is 2.25. The van der Waals surface area contributed by atoms with Crippen LogP contribution < -0.4 is 4.72 Å². The fourth-order valence-corrected chi connectivity index (χ4v) is 3.85. The molecule has 0 bridgehead atoms. The van der Waals surface area contributed by atoms with E-state index in [0.29, 0.717) is 12.8 Å². The first-order valence-electron chi connectivity index (χ1n) is 7.03. The summed E-state index contributed by atoms with van der Waals surface area (Å²) in [5, 5.41) is -0.527. The van der Waals surface area contributed by atoms with Crippen molar-refractivity contribution in [3.63, 3.8) is 0 Å². The van der Waals surface area contributed by atoms with Crippen molar-refractivity contribution in [2.45, 2.75) is 44.8 Å². The molecule has 2 rings (SSSR count). The summed E-state index contributed by atoms with van der Waals surface area (Å²) in [4.78, 5) is 11.8. The second-order valence-electron chi connectivity index (χ2n) is 5.59. The molecule has 0 spiro atoms. The zero-order valence-electron chi connectivity index (χ0n) is 11.9. The van der Waals surface area contributed by atoms with Crippen LogP contribution in [0.2, 0.25) is 0 Å². The number of carbonyl (C=O) groups excluding carboxylic acids is 1. The van der Waals surface area contributed by atoms with Crippen molar-refractivity contribution in [3.05, 3.63) is 35.4 Å². The molecule has 0 aromatic heterocycles. The zero-order chi connectivity index (χ0) is 14.8. The summed E-state index contributed by atoms with van der Waals surface area (Å²) >= 11 is 0. The molecule has 1 amide bonds. The molecule has 0 saturated heterocycles. The first kappa shape index (κ1) is 15.0. The number of nitrogens with one attached hydrogen (secondary N) is 1. The second-order valence-corrected chi connectivity index (χ2v) is 7.55. The number of fused-ring (bicyclic) bond motifs is 1. The van der Waals surface area contributed by atoms with E-state index in [0.717, 1.165) is 17.5 Å². The lowest BCUT2D eigenvalue weighted by molar-refractivity contribution is -0.120. The van der Waals surface area contributed by atoms with Gasteiger partial charge in [-0.15, -0.1) is 0 Å². The number of sulfonamides is 1. The molecule has 0 fully saturated rings. The van der Waals surface area contributed by atoms with Crippen LogP contribution in [0.15, 0.2) is 24.3 Å². The average Bonchev–Trinajstić information content (AvgIpc) is 2.82. The quantitative estimate of drug-likeness (QED) is 0.904. The van der Waals surface area contributed by atoms with Crippen molar-refractivity contribution in [1.29, 1.82) is 0 Å². The summed E-state index contributed by atoms with van der Waals surface area (Å²) in [6.07, 6.45) is 2.10. The number of hydrogen-bond donors (Lipinski definition) is 1. The van der Waals surface area contributed by atoms with Gasteiger partial charge in [-0.2, -0.15) is 0 Å². The van der Waals surface area contributed by atoms with E-state index >= 15 is 0 Å². The minimum Gasteiger partial charge on any atom is -0.274 e. The standard InChI is InChI=1S/C15H21NO3S/c1-3-11(2)8-15(17)16-20(18,19)14-9-12-6-4-5-7-13(12)10-14/h4-7,11,14H,3,8-10H2,1-2H3,(H,16,17). The topological polar surface area (TPSA) is 63.2 Å². The molecule has 1 aliphatic rings. The molecule has 1 aromatic rings. The first-order chi connectivity index (χ1) is 9.42. The Morgan fingerprint density at radius 1 is 1.30 bits per heavy atom. The highest BCUT2D eigenvalue weighted by molar-refractivity contribution is 7.90. The zero-order valence-corrected chi connectivity index (χ0v) is 12.7. The maximum absolute atomic E-state index is 12.2. The minimum absolute atomic E-state index is 0.200. The van der Waals surface area contributed by atoms with Gasteiger partial charge < -0.3 is 0 Å². The number of hydrogen-bond acceptors (Lipinski definition) is 3. The second kappa shape index (κ2) is 5.95. The lowest BCUT2D eigenvalue weighted by Gasteiger charge is -2.14. The van der Waals surface area contributed by atoms with E-state index in [9.17, 15) is 13.2 Å². The molecule has 110 valence electrons. The average molecular weight is 295 g/mol. The van der Waals surface area contributed by atoms with Crippen LogP contribution in [0.4, 0.5) is 0 Å². The molecule has 0 aliphatic heterocycles. The Labute approximate surface area is 120 Å². The number of carbonyl (C=O) groups is 1. The van der Waals surface area contributed by atoms with Gasteiger partial charge in [0, 0.05) is 6.42 Å². The van der Waals surface area contributed by atoms with E-state index in [1.165, 1.54) is 0 Å². The van der Waals surface area contributed by atoms with Crippen LogP contribution in [0.1, 0.15) is 37.8 Å². The van der Waals surface area contributed by atoms with Crippen LogP contribution >= 0.6 is 0 Å². The third-order valence-corrected chi connectivity index (χ3v) is 5.66. The lowest BCUT2D eigenvalue weighted by Crippen LogP contribution is -2.39. The van der Waals surface area contributed by atoms with Crippen molar-refractivity contribution in [1.82, 2.24) is 4.72 Å². The third kappa shape index (κ3) is 3.39. The van der Waals surface area contributed by atoms with Gasteiger partial charge in [0.1, 0.15) is 0 Å². The molecule has 0 saturated carbocycles. The highest BCUT2D eigenvalue weighted by Gasteiger charge is 2.33. The molecule has 0 heterocycles. The van der Waals surface area contributed by atoms with E-state index in [-0.39, 0.29) is 12.3 Å². The lowest BCUT2D eigenvalue weighted by atomic mass is 10.1. The third-order valence-electron chi connectivity index (χ3n) is 3.94. The van der Waals surface area contributed by atoms with Crippen molar-refractivity contribution in [2.75, 3.05) is 0 Å². The Bertz CT molecular complexity index is 570. The molecule has 1 aromatic carbocycles. The van der Waals surface area contributed by atoms with Crippen molar-refractivity contribution in [2.24, 2.45) is 5.92 Å². The SMILES string of the molecule is CCC(C)CC(=O)NS(=O)(=O)C1Cc2ccccc2C1. The largest absolute Gasteiger partial charge is 0.274 e. The maximum atomic E-state index is 12.2. The summed E-state index contributed by atoms with van der Waals surface area (Å²) in [7, 11) is -3.58. The van der Waals surface area contributed by atoms with Crippen LogP contribution in [0.25, 0.3) is 0 Å². The molecule has 4 nitrogen and oxygen atoms in total. The van der Waals surface area contributed by atoms with E-state index in [2.05, 4.69) is 4.72 Å². The van der Waals surface area contributed by atoms with E-state index in [1.807, 2.05) is 38.1 Å². The maximum Gasteiger partial charge on any atom is 0.238 e. The van der Waals surface area contributed by atoms with Crippen molar-refractivity contribution >= 4 is 15.9 Å². The molecule has 20 heavy (non-hydrogen) atoms. The van der Waals surface area contributed by atoms with Crippen LogP contribution in [-0.4, -0.2) is 19.6 Å². The van der Waals surface area contributed by atoms with E-state index in [4.69, 9.17) is 0 Å². The molecule has 1 aliphatic carbocycles. The van der Waals surface area contributed by atoms with Gasteiger partial charge in [-0.3, -0.25) is 9.52 Å². The molecule has 1 unspecified atom stereocenters. The monoisotopic (exact) mass is 295 g/mol. The van der Waals surface area contributed by atoms with Gasteiger partial charge in [0.25, 0.3) is 0 Å². The van der Waals surface area contributed by atoms with Gasteiger partial charge in [0.15, 0.2) is 0 Å². The van der Waals surface area contributed by atoms with Gasteiger partial charge in [0.2, 0.25) is 15.9 Å². The van der Waals surface area contributed by atoms with Gasteiger partial charge >= 0.3 is 0 Å². The highest BCUT2D eigenvalue weighted by atomic mass is 32.2. The summed E-state index contributed by atoms with van der Waals surface area (Å²) in [6, 6.07) is 7.72. The number of amides is 1. The molecule has 0 radical (unpaired) electrons. The van der Waals surface area contributed by atoms with Crippen LogP contribution in [0.5, 0.6) is 0 Å². The normalized spacial score (nSPS) is 16.7. The van der Waals surface area contributed by atoms with Crippen molar-refractivity contribution < 1.29 is 13.2 Å². The fourth-order valence-electron chi connectivity index (χ4n) is 2.48. The van der Waals surface area contributed by atoms with Crippen molar-refractivity contribution in [3.8, 4) is 0 Å². The molecule has 1 N–H and O–H groups in total. The van der Waals surface area contributed by atoms with E-state index < -0.39 is 21.2 Å². The summed E-state index contributed by atoms with van der Waals surface area (Å²) in [5.41, 5.74) is 2.13. The predicted octanol–water partition coefficient (Wildman–Crippen LogP) is 2.04. The van der Waals surface area contributed by atoms with Crippen LogP contribution in [-0.2, 0) is 27.7 Å². The smallest absolute Gasteiger partial charge is 0.238 e. The van der Waals surface area contributed by atoms with Crippen LogP contribution in [0, 0.1) is 5.92 Å². The first-order valence-corrected chi connectivity index (χ1v) is 8.58. The Hall–Kier alpha value is -1.36. The summed E-state index contributed by atoms with van der Waals surface area (Å²) in [6.45, 7) is 3.93. The van der Waals surface area contributed by atoms with Gasteiger partial charge in [-0.1, -0.05) is 44.5 Å². The molecular weight excluding hydrogens is 274 g/mol. The van der Waals surface area contributed by atoms with Gasteiger partial charge in [0.05, 0.1) is 5.25 Å². The Balaban J connectivity index is 2.01. The van der Waals surface area contributed by atoms with Gasteiger partial charge in [-0.05, 0) is 29.9 Å². The minimum atomic E-state index is -3.58. The summed E-state index contributed by atoms with van der Waals surface area (Å²) in [5.74, 6) is -0.193. The molecular formula is C15H21NO3S. The summed E-state index contributed by atoms with van der Waals surface area (Å²) < 4.78 is 26.7. The van der Waals surface area contributed by atoms with Crippen LogP contribution in [0.3, 0.4) is 0 Å². The predicted molar refractivity (Wildman–Crippen MR) is 78.8 cm³/mol. The fraction of sp³-hybridized carbons (Fsp3) is 0.533.